The summed E-state index contributed by atoms with van der Waals surface area (Å²) in [5.41, 5.74) is 13.2. The van der Waals surface area contributed by atoms with Crippen LogP contribution in [0.25, 0.3) is 11.0 Å². The molecule has 0 bridgehead atoms. The van der Waals surface area contributed by atoms with E-state index in [0.717, 1.165) is 10.6 Å². The van der Waals surface area contributed by atoms with Crippen molar-refractivity contribution >= 4 is 61.8 Å². The molecular weight excluding hydrogens is 432 g/mol. The Bertz CT molecular complexity index is 1240. The number of aromatic nitrogens is 2. The summed E-state index contributed by atoms with van der Waals surface area (Å²) >= 11 is 6.10. The quantitative estimate of drug-likeness (QED) is 0.422. The number of sulfonamides is 1. The lowest BCUT2D eigenvalue weighted by molar-refractivity contribution is -0.117. The third kappa shape index (κ3) is 5.19. The number of aromatic amines is 1. The molecule has 0 aliphatic carbocycles. The van der Waals surface area contributed by atoms with Crippen LogP contribution >= 0.6 is 11.6 Å². The number of nitrogens with one attached hydrogen (secondary N) is 2. The first-order chi connectivity index (χ1) is 14.0. The fourth-order valence-corrected chi connectivity index (χ4v) is 4.02. The number of rotatable bonds is 7. The van der Waals surface area contributed by atoms with Crippen LogP contribution in [0.4, 0.5) is 17.3 Å². The number of hydrogen-bond donors (Lipinski definition) is 4. The number of fused-ring (bicyclic) bond motifs is 1. The molecule has 3 aromatic rings. The third-order valence-electron chi connectivity index (χ3n) is 4.08. The Balaban J connectivity index is 1.81. The molecule has 0 spiro atoms. The van der Waals surface area contributed by atoms with E-state index in [-0.39, 0.29) is 29.0 Å². The van der Waals surface area contributed by atoms with Crippen molar-refractivity contribution in [1.29, 1.82) is 0 Å². The summed E-state index contributed by atoms with van der Waals surface area (Å²) in [5.74, 6) is -0.906. The highest BCUT2D eigenvalue weighted by Gasteiger charge is 2.21. The third-order valence-corrected chi connectivity index (χ3v) is 5.44. The van der Waals surface area contributed by atoms with Crippen molar-refractivity contribution in [3.05, 3.63) is 47.0 Å². The van der Waals surface area contributed by atoms with E-state index in [4.69, 9.17) is 23.1 Å². The minimum Gasteiger partial charge on any atom is -0.369 e. The van der Waals surface area contributed by atoms with Crippen LogP contribution < -0.4 is 21.1 Å². The molecule has 0 atom stereocenters. The Morgan fingerprint density at radius 2 is 1.97 bits per heavy atom. The van der Waals surface area contributed by atoms with Crippen LogP contribution in [0.3, 0.4) is 0 Å². The van der Waals surface area contributed by atoms with Crippen LogP contribution in [0.2, 0.25) is 5.02 Å². The number of primary amides is 1. The molecule has 0 saturated carbocycles. The molecular formula is C18H19ClN6O4S. The van der Waals surface area contributed by atoms with Gasteiger partial charge in [-0.15, -0.1) is 0 Å². The molecule has 1 aromatic heterocycles. The number of carbonyl (C=O) groups excluding carboxylic acids is 2. The Labute approximate surface area is 177 Å². The van der Waals surface area contributed by atoms with E-state index in [1.807, 2.05) is 0 Å². The van der Waals surface area contributed by atoms with Gasteiger partial charge in [0, 0.05) is 10.7 Å². The fraction of sp³-hybridized carbons (Fsp3) is 0.167. The molecule has 158 valence electrons. The predicted octanol–water partition coefficient (Wildman–Crippen LogP) is 1.23. The van der Waals surface area contributed by atoms with E-state index in [2.05, 4.69) is 15.3 Å². The summed E-state index contributed by atoms with van der Waals surface area (Å²) in [6.07, 6.45) is 0.868. The number of carbonyl (C=O) groups is 2. The highest BCUT2D eigenvalue weighted by Crippen LogP contribution is 2.25. The maximum atomic E-state index is 12.5. The number of nitrogens with two attached hydrogens (primary N) is 2. The number of H-pyrrole nitrogens is 1. The van der Waals surface area contributed by atoms with Gasteiger partial charge in [-0.05, 0) is 42.0 Å². The van der Waals surface area contributed by atoms with Crippen LogP contribution in [0.15, 0.2) is 36.4 Å². The van der Waals surface area contributed by atoms with E-state index in [9.17, 15) is 18.0 Å². The van der Waals surface area contributed by atoms with Crippen LogP contribution in [0, 0.1) is 0 Å². The first kappa shape index (κ1) is 21.4. The SMILES string of the molecule is CS(=O)(=O)N(CC(N)=O)c1cc(Cl)cc(CC(=O)Nc2ccc3nc(N)[nH]c3c2)c1. The lowest BCUT2D eigenvalue weighted by Gasteiger charge is -2.21. The number of hydrogen-bond acceptors (Lipinski definition) is 6. The molecule has 2 aromatic carbocycles. The normalized spacial score (nSPS) is 11.4. The minimum atomic E-state index is -3.79. The lowest BCUT2D eigenvalue weighted by Crippen LogP contribution is -2.37. The molecule has 0 aliphatic rings. The Hall–Kier alpha value is -3.31. The van der Waals surface area contributed by atoms with Crippen molar-refractivity contribution in [3.8, 4) is 0 Å². The second-order valence-corrected chi connectivity index (χ2v) is 8.98. The van der Waals surface area contributed by atoms with Crippen molar-refractivity contribution in [3.63, 3.8) is 0 Å². The topological polar surface area (TPSA) is 164 Å². The molecule has 6 N–H and O–H groups in total. The summed E-state index contributed by atoms with van der Waals surface area (Å²) in [6, 6.07) is 9.47. The van der Waals surface area contributed by atoms with Gasteiger partial charge in [0.15, 0.2) is 5.95 Å². The average molecular weight is 451 g/mol. The number of nitrogens with zero attached hydrogens (tertiary/aromatic N) is 2. The number of anilines is 3. The van der Waals surface area contributed by atoms with Gasteiger partial charge in [0.1, 0.15) is 6.54 Å². The van der Waals surface area contributed by atoms with Crippen LogP contribution in [0.1, 0.15) is 5.56 Å². The van der Waals surface area contributed by atoms with E-state index >= 15 is 0 Å². The molecule has 3 rings (SSSR count). The van der Waals surface area contributed by atoms with Crippen molar-refractivity contribution in [2.24, 2.45) is 5.73 Å². The van der Waals surface area contributed by atoms with Crippen LogP contribution in [0.5, 0.6) is 0 Å². The first-order valence-corrected chi connectivity index (χ1v) is 10.8. The fourth-order valence-electron chi connectivity index (χ4n) is 2.92. The summed E-state index contributed by atoms with van der Waals surface area (Å²) in [5, 5.41) is 2.96. The van der Waals surface area contributed by atoms with Gasteiger partial charge in [-0.25, -0.2) is 13.4 Å². The molecule has 0 saturated heterocycles. The maximum Gasteiger partial charge on any atom is 0.238 e. The first-order valence-electron chi connectivity index (χ1n) is 8.62. The number of nitrogen functional groups attached to an aromatic ring is 1. The number of benzene rings is 2. The molecule has 0 radical (unpaired) electrons. The van der Waals surface area contributed by atoms with Crippen LogP contribution in [-0.2, 0) is 26.0 Å². The Morgan fingerprint density at radius 1 is 1.23 bits per heavy atom. The van der Waals surface area contributed by atoms with Crippen molar-refractivity contribution in [2.75, 3.05) is 28.2 Å². The van der Waals surface area contributed by atoms with E-state index in [0.29, 0.717) is 22.3 Å². The lowest BCUT2D eigenvalue weighted by atomic mass is 10.1. The molecule has 1 heterocycles. The van der Waals surface area contributed by atoms with Gasteiger partial charge in [-0.2, -0.15) is 0 Å². The molecule has 2 amide bonds. The standard InChI is InChI=1S/C18H19ClN6O4S/c1-30(28,29)25(9-16(20)26)13-5-10(4-11(19)7-13)6-17(27)22-12-2-3-14-15(8-12)24-18(21)23-14/h2-5,7-8H,6,9H2,1H3,(H2,20,26)(H,22,27)(H3,21,23,24). The predicted molar refractivity (Wildman–Crippen MR) is 116 cm³/mol. The molecule has 0 aliphatic heterocycles. The van der Waals surface area contributed by atoms with E-state index in [1.54, 1.807) is 18.2 Å². The zero-order valence-corrected chi connectivity index (χ0v) is 17.4. The molecule has 0 unspecified atom stereocenters. The summed E-state index contributed by atoms with van der Waals surface area (Å²) in [4.78, 5) is 30.7. The summed E-state index contributed by atoms with van der Waals surface area (Å²) < 4.78 is 24.9. The Morgan fingerprint density at radius 3 is 2.63 bits per heavy atom. The van der Waals surface area contributed by atoms with Crippen molar-refractivity contribution in [1.82, 2.24) is 9.97 Å². The highest BCUT2D eigenvalue weighted by molar-refractivity contribution is 7.92. The van der Waals surface area contributed by atoms with Gasteiger partial charge in [0.2, 0.25) is 21.8 Å². The van der Waals surface area contributed by atoms with Gasteiger partial charge in [0.05, 0.1) is 29.4 Å². The molecule has 30 heavy (non-hydrogen) atoms. The van der Waals surface area contributed by atoms with Gasteiger partial charge in [-0.1, -0.05) is 11.6 Å². The average Bonchev–Trinajstić information content (AvgIpc) is 2.97. The highest BCUT2D eigenvalue weighted by atomic mass is 35.5. The van der Waals surface area contributed by atoms with E-state index in [1.165, 1.54) is 18.2 Å². The van der Waals surface area contributed by atoms with Gasteiger partial charge in [-0.3, -0.25) is 13.9 Å². The largest absolute Gasteiger partial charge is 0.369 e. The molecule has 0 fully saturated rings. The van der Waals surface area contributed by atoms with Crippen molar-refractivity contribution < 1.29 is 18.0 Å². The Kier molecular flexibility index (Phi) is 5.85. The monoisotopic (exact) mass is 450 g/mol. The maximum absolute atomic E-state index is 12.5. The zero-order valence-electron chi connectivity index (χ0n) is 15.8. The zero-order chi connectivity index (χ0) is 22.1. The van der Waals surface area contributed by atoms with Gasteiger partial charge < -0.3 is 21.8 Å². The number of amides is 2. The second kappa shape index (κ2) is 8.20. The molecule has 10 nitrogen and oxygen atoms in total. The molecule has 12 heteroatoms. The number of halogens is 1. The summed E-state index contributed by atoms with van der Waals surface area (Å²) in [6.45, 7) is -0.544. The van der Waals surface area contributed by atoms with E-state index < -0.39 is 22.5 Å². The minimum absolute atomic E-state index is 0.0785. The van der Waals surface area contributed by atoms with Crippen LogP contribution in [-0.4, -0.2) is 43.0 Å². The smallest absolute Gasteiger partial charge is 0.238 e. The summed E-state index contributed by atoms with van der Waals surface area (Å²) in [7, 11) is -3.79. The van der Waals surface area contributed by atoms with Gasteiger partial charge >= 0.3 is 0 Å². The number of imidazole rings is 1. The van der Waals surface area contributed by atoms with Crippen molar-refractivity contribution in [2.45, 2.75) is 6.42 Å². The second-order valence-electron chi connectivity index (χ2n) is 6.63. The van der Waals surface area contributed by atoms with Gasteiger partial charge in [0.25, 0.3) is 0 Å².